The van der Waals surface area contributed by atoms with Gasteiger partial charge >= 0.3 is 0 Å². The van der Waals surface area contributed by atoms with Crippen LogP contribution in [0.15, 0.2) is 0 Å². The van der Waals surface area contributed by atoms with Gasteiger partial charge in [-0.15, -0.1) is 0 Å². The Balaban J connectivity index is 1.82. The van der Waals surface area contributed by atoms with E-state index in [1.807, 2.05) is 0 Å². The van der Waals surface area contributed by atoms with Gasteiger partial charge in [-0.2, -0.15) is 0 Å². The van der Waals surface area contributed by atoms with Gasteiger partial charge in [0.15, 0.2) is 0 Å². The lowest BCUT2D eigenvalue weighted by atomic mass is 9.67. The minimum atomic E-state index is 0.377. The summed E-state index contributed by atoms with van der Waals surface area (Å²) >= 11 is 0. The summed E-state index contributed by atoms with van der Waals surface area (Å²) in [6.45, 7) is 6.99. The minimum Gasteiger partial charge on any atom is -0.329 e. The van der Waals surface area contributed by atoms with Gasteiger partial charge in [-0.25, -0.2) is 0 Å². The quantitative estimate of drug-likeness (QED) is 0.804. The van der Waals surface area contributed by atoms with Crippen LogP contribution in [0.1, 0.15) is 32.6 Å². The molecule has 1 aliphatic carbocycles. The maximum Gasteiger partial charge on any atom is 0.0336 e. The number of piperidine rings is 1. The van der Waals surface area contributed by atoms with Gasteiger partial charge < -0.3 is 10.6 Å². The second-order valence-corrected chi connectivity index (χ2v) is 6.63. The lowest BCUT2D eigenvalue weighted by Crippen LogP contribution is -2.63. The van der Waals surface area contributed by atoms with Crippen molar-refractivity contribution in [3.63, 3.8) is 0 Å². The molecule has 3 nitrogen and oxygen atoms in total. The molecule has 2 rings (SSSR count). The first kappa shape index (κ1) is 13.3. The first-order chi connectivity index (χ1) is 8.05. The van der Waals surface area contributed by atoms with Crippen molar-refractivity contribution in [2.24, 2.45) is 17.6 Å². The first-order valence-electron chi connectivity index (χ1n) is 7.15. The van der Waals surface area contributed by atoms with E-state index in [0.717, 1.165) is 18.4 Å². The van der Waals surface area contributed by atoms with E-state index < -0.39 is 0 Å². The Morgan fingerprint density at radius 1 is 1.24 bits per heavy atom. The van der Waals surface area contributed by atoms with Crippen LogP contribution in [-0.2, 0) is 0 Å². The second-order valence-electron chi connectivity index (χ2n) is 6.63. The van der Waals surface area contributed by atoms with E-state index in [0.29, 0.717) is 5.54 Å². The molecule has 1 saturated carbocycles. The highest BCUT2D eigenvalue weighted by atomic mass is 15.2. The third-order valence-corrected chi connectivity index (χ3v) is 4.75. The summed E-state index contributed by atoms with van der Waals surface area (Å²) in [6.07, 6.45) is 5.35. The maximum absolute atomic E-state index is 6.03. The highest BCUT2D eigenvalue weighted by Gasteiger charge is 2.46. The molecule has 2 fully saturated rings. The zero-order valence-electron chi connectivity index (χ0n) is 11.8. The third kappa shape index (κ3) is 2.83. The first-order valence-corrected chi connectivity index (χ1v) is 7.15. The normalized spacial score (nSPS) is 36.2. The molecular formula is C14H29N3. The summed E-state index contributed by atoms with van der Waals surface area (Å²) in [5.74, 6) is 1.78. The molecule has 0 aromatic heterocycles. The second kappa shape index (κ2) is 5.25. The van der Waals surface area contributed by atoms with Crippen molar-refractivity contribution in [1.82, 2.24) is 9.80 Å². The summed E-state index contributed by atoms with van der Waals surface area (Å²) in [5.41, 5.74) is 6.40. The van der Waals surface area contributed by atoms with Crippen LogP contribution < -0.4 is 5.73 Å². The molecule has 0 spiro atoms. The molecule has 17 heavy (non-hydrogen) atoms. The molecule has 3 heteroatoms. The predicted molar refractivity (Wildman–Crippen MR) is 73.0 cm³/mol. The van der Waals surface area contributed by atoms with E-state index in [1.54, 1.807) is 0 Å². The Labute approximate surface area is 106 Å². The van der Waals surface area contributed by atoms with Crippen LogP contribution >= 0.6 is 0 Å². The standard InChI is InChI=1S/C14H29N3/c1-12-8-14(9-12,11-15)17-6-4-13(5-7-17)10-16(2)3/h12-13H,4-11,15H2,1-3H3. The topological polar surface area (TPSA) is 32.5 Å². The van der Waals surface area contributed by atoms with Crippen molar-refractivity contribution in [3.8, 4) is 0 Å². The Morgan fingerprint density at radius 2 is 1.82 bits per heavy atom. The highest BCUT2D eigenvalue weighted by Crippen LogP contribution is 2.43. The van der Waals surface area contributed by atoms with E-state index in [9.17, 15) is 0 Å². The average molecular weight is 239 g/mol. The monoisotopic (exact) mass is 239 g/mol. The van der Waals surface area contributed by atoms with E-state index in [4.69, 9.17) is 5.73 Å². The van der Waals surface area contributed by atoms with Crippen LogP contribution in [0.4, 0.5) is 0 Å². The Morgan fingerprint density at radius 3 is 2.24 bits per heavy atom. The number of nitrogens with zero attached hydrogens (tertiary/aromatic N) is 2. The third-order valence-electron chi connectivity index (χ3n) is 4.75. The van der Waals surface area contributed by atoms with Crippen molar-refractivity contribution in [3.05, 3.63) is 0 Å². The van der Waals surface area contributed by atoms with Gasteiger partial charge in [0.05, 0.1) is 0 Å². The number of likely N-dealkylation sites (tertiary alicyclic amines) is 1. The number of rotatable bonds is 4. The average Bonchev–Trinajstić information content (AvgIpc) is 2.25. The summed E-state index contributed by atoms with van der Waals surface area (Å²) in [4.78, 5) is 5.02. The van der Waals surface area contributed by atoms with Crippen molar-refractivity contribution >= 4 is 0 Å². The Bertz CT molecular complexity index is 238. The summed E-state index contributed by atoms with van der Waals surface area (Å²) in [7, 11) is 4.36. The summed E-state index contributed by atoms with van der Waals surface area (Å²) in [6, 6.07) is 0. The van der Waals surface area contributed by atoms with Gasteiger partial charge in [0.2, 0.25) is 0 Å². The van der Waals surface area contributed by atoms with Gasteiger partial charge in [0.1, 0.15) is 0 Å². The van der Waals surface area contributed by atoms with Gasteiger partial charge in [-0.1, -0.05) is 6.92 Å². The molecule has 0 atom stereocenters. The lowest BCUT2D eigenvalue weighted by Gasteiger charge is -2.55. The fourth-order valence-corrected chi connectivity index (χ4v) is 3.90. The van der Waals surface area contributed by atoms with Gasteiger partial charge in [-0.3, -0.25) is 4.90 Å². The largest absolute Gasteiger partial charge is 0.329 e. The number of hydrogen-bond donors (Lipinski definition) is 1. The SMILES string of the molecule is CC1CC(CN)(N2CCC(CN(C)C)CC2)C1. The van der Waals surface area contributed by atoms with E-state index >= 15 is 0 Å². The van der Waals surface area contributed by atoms with E-state index in [2.05, 4.69) is 30.8 Å². The van der Waals surface area contributed by atoms with Crippen LogP contribution in [0.5, 0.6) is 0 Å². The Kier molecular flexibility index (Phi) is 4.11. The van der Waals surface area contributed by atoms with Gasteiger partial charge in [-0.05, 0) is 64.7 Å². The molecule has 0 radical (unpaired) electrons. The molecule has 0 aromatic rings. The molecule has 2 N–H and O–H groups in total. The zero-order chi connectivity index (χ0) is 12.5. The lowest BCUT2D eigenvalue weighted by molar-refractivity contribution is -0.0337. The highest BCUT2D eigenvalue weighted by molar-refractivity contribution is 5.03. The van der Waals surface area contributed by atoms with Gasteiger partial charge in [0.25, 0.3) is 0 Å². The van der Waals surface area contributed by atoms with Crippen molar-refractivity contribution in [2.45, 2.75) is 38.1 Å². The molecule has 0 aromatic carbocycles. The Hall–Kier alpha value is -0.120. The molecule has 1 heterocycles. The predicted octanol–water partition coefficient (Wildman–Crippen LogP) is 1.39. The van der Waals surface area contributed by atoms with Crippen LogP contribution in [-0.4, -0.2) is 55.6 Å². The number of nitrogens with two attached hydrogens (primary N) is 1. The molecule has 0 unspecified atom stereocenters. The van der Waals surface area contributed by atoms with Crippen LogP contribution in [0, 0.1) is 11.8 Å². The fraction of sp³-hybridized carbons (Fsp3) is 1.00. The van der Waals surface area contributed by atoms with Crippen molar-refractivity contribution in [2.75, 3.05) is 40.3 Å². The molecule has 100 valence electrons. The molecule has 1 saturated heterocycles. The minimum absolute atomic E-state index is 0.377. The van der Waals surface area contributed by atoms with Crippen molar-refractivity contribution in [1.29, 1.82) is 0 Å². The van der Waals surface area contributed by atoms with Crippen LogP contribution in [0.2, 0.25) is 0 Å². The molecular weight excluding hydrogens is 210 g/mol. The van der Waals surface area contributed by atoms with Crippen LogP contribution in [0.25, 0.3) is 0 Å². The fourth-order valence-electron chi connectivity index (χ4n) is 3.90. The summed E-state index contributed by atoms with van der Waals surface area (Å²) < 4.78 is 0. The summed E-state index contributed by atoms with van der Waals surface area (Å²) in [5, 5.41) is 0. The molecule has 1 aliphatic heterocycles. The zero-order valence-corrected chi connectivity index (χ0v) is 11.8. The van der Waals surface area contributed by atoms with Crippen molar-refractivity contribution < 1.29 is 0 Å². The smallest absolute Gasteiger partial charge is 0.0336 e. The maximum atomic E-state index is 6.03. The van der Waals surface area contributed by atoms with E-state index in [1.165, 1.54) is 45.3 Å². The molecule has 0 amide bonds. The van der Waals surface area contributed by atoms with Gasteiger partial charge in [0, 0.05) is 18.6 Å². The molecule has 0 bridgehead atoms. The molecule has 2 aliphatic rings. The number of hydrogen-bond acceptors (Lipinski definition) is 3. The van der Waals surface area contributed by atoms with Crippen LogP contribution in [0.3, 0.4) is 0 Å². The van der Waals surface area contributed by atoms with E-state index in [-0.39, 0.29) is 0 Å².